The van der Waals surface area contributed by atoms with Gasteiger partial charge in [-0.2, -0.15) is 0 Å². The van der Waals surface area contributed by atoms with Crippen molar-refractivity contribution in [1.82, 2.24) is 19.4 Å². The van der Waals surface area contributed by atoms with Gasteiger partial charge in [0.15, 0.2) is 0 Å². The first-order valence-electron chi connectivity index (χ1n) is 12.0. The molecule has 4 heteroatoms. The molecule has 0 saturated heterocycles. The highest BCUT2D eigenvalue weighted by Gasteiger charge is 2.29. The van der Waals surface area contributed by atoms with Crippen molar-refractivity contribution in [3.63, 3.8) is 0 Å². The maximum atomic E-state index is 5.07. The molecule has 0 bridgehead atoms. The summed E-state index contributed by atoms with van der Waals surface area (Å²) in [6.45, 7) is 0. The lowest BCUT2D eigenvalue weighted by Crippen LogP contribution is -1.95. The van der Waals surface area contributed by atoms with E-state index in [2.05, 4.69) is 64.0 Å². The molecule has 162 valence electrons. The van der Waals surface area contributed by atoms with E-state index >= 15 is 0 Å². The molecule has 7 aromatic rings. The quantitative estimate of drug-likeness (QED) is 0.243. The molecule has 0 fully saturated rings. The highest BCUT2D eigenvalue weighted by molar-refractivity contribution is 6.15. The summed E-state index contributed by atoms with van der Waals surface area (Å²) in [5.41, 5.74) is 15.0. The Morgan fingerprint density at radius 3 is 2.43 bits per heavy atom. The topological polar surface area (TPSA) is 43.1 Å². The summed E-state index contributed by atoms with van der Waals surface area (Å²) in [6.07, 6.45) is 7.53. The van der Waals surface area contributed by atoms with Crippen LogP contribution in [0.1, 0.15) is 22.3 Å². The van der Waals surface area contributed by atoms with Crippen LogP contribution in [0.15, 0.2) is 85.3 Å². The van der Waals surface area contributed by atoms with Crippen LogP contribution in [0, 0.1) is 0 Å². The van der Waals surface area contributed by atoms with Crippen LogP contribution < -0.4 is 0 Å². The first kappa shape index (κ1) is 17.8. The van der Waals surface area contributed by atoms with Crippen LogP contribution in [0.2, 0.25) is 0 Å². The summed E-state index contributed by atoms with van der Waals surface area (Å²) >= 11 is 0. The number of aromatic nitrogens is 4. The molecule has 3 aromatic carbocycles. The van der Waals surface area contributed by atoms with Gasteiger partial charge in [-0.15, -0.1) is 0 Å². The lowest BCUT2D eigenvalue weighted by atomic mass is 9.92. The zero-order valence-corrected chi connectivity index (χ0v) is 18.8. The molecule has 2 aliphatic carbocycles. The van der Waals surface area contributed by atoms with Crippen molar-refractivity contribution in [1.29, 1.82) is 0 Å². The van der Waals surface area contributed by atoms with Crippen molar-refractivity contribution in [2.75, 3.05) is 0 Å². The minimum absolute atomic E-state index is 0.927. The van der Waals surface area contributed by atoms with Gasteiger partial charge in [-0.05, 0) is 93.1 Å². The summed E-state index contributed by atoms with van der Waals surface area (Å²) in [7, 11) is 0. The SMILES string of the molecule is c1ccc2c(c1)Cc1ccc3c(c1-2)-c1cc2c(cc1C3)c1cccnc1n1c3cnccc3nc21. The largest absolute Gasteiger partial charge is 0.274 e. The third-order valence-corrected chi connectivity index (χ3v) is 7.93. The molecule has 4 nitrogen and oxygen atoms in total. The van der Waals surface area contributed by atoms with Crippen molar-refractivity contribution >= 4 is 38.5 Å². The number of nitrogens with zero attached hydrogens (tertiary/aromatic N) is 4. The van der Waals surface area contributed by atoms with Gasteiger partial charge < -0.3 is 0 Å². The highest BCUT2D eigenvalue weighted by Crippen LogP contribution is 2.50. The van der Waals surface area contributed by atoms with Crippen LogP contribution in [0.25, 0.3) is 60.7 Å². The molecule has 0 N–H and O–H groups in total. The molecule has 35 heavy (non-hydrogen) atoms. The van der Waals surface area contributed by atoms with Gasteiger partial charge in [0.25, 0.3) is 0 Å². The van der Waals surface area contributed by atoms with Crippen molar-refractivity contribution in [3.05, 3.63) is 108 Å². The summed E-state index contributed by atoms with van der Waals surface area (Å²) in [4.78, 5) is 14.2. The number of hydrogen-bond donors (Lipinski definition) is 0. The first-order chi connectivity index (χ1) is 17.3. The summed E-state index contributed by atoms with van der Waals surface area (Å²) in [5, 5.41) is 3.53. The van der Waals surface area contributed by atoms with Gasteiger partial charge in [0.05, 0.1) is 17.2 Å². The Kier molecular flexibility index (Phi) is 3.11. The summed E-state index contributed by atoms with van der Waals surface area (Å²) in [5.74, 6) is 0. The Bertz CT molecular complexity index is 2070. The van der Waals surface area contributed by atoms with Crippen LogP contribution >= 0.6 is 0 Å². The number of hydrogen-bond acceptors (Lipinski definition) is 3. The Morgan fingerprint density at radius 1 is 0.629 bits per heavy atom. The molecule has 0 atom stereocenters. The molecule has 9 rings (SSSR count). The van der Waals surface area contributed by atoms with Crippen molar-refractivity contribution in [3.8, 4) is 22.3 Å². The van der Waals surface area contributed by atoms with Crippen LogP contribution in [-0.2, 0) is 12.8 Å². The molecule has 0 radical (unpaired) electrons. The predicted molar refractivity (Wildman–Crippen MR) is 140 cm³/mol. The van der Waals surface area contributed by atoms with E-state index in [9.17, 15) is 0 Å². The van der Waals surface area contributed by atoms with E-state index in [1.807, 2.05) is 24.5 Å². The first-order valence-corrected chi connectivity index (χ1v) is 12.0. The van der Waals surface area contributed by atoms with E-state index in [4.69, 9.17) is 9.97 Å². The average molecular weight is 447 g/mol. The number of imidazole rings is 1. The smallest absolute Gasteiger partial charge is 0.147 e. The van der Waals surface area contributed by atoms with E-state index in [1.54, 1.807) is 6.20 Å². The molecule has 4 heterocycles. The maximum absolute atomic E-state index is 5.07. The van der Waals surface area contributed by atoms with Gasteiger partial charge in [0.1, 0.15) is 11.3 Å². The molecule has 2 aliphatic rings. The molecule has 0 amide bonds. The maximum Gasteiger partial charge on any atom is 0.147 e. The predicted octanol–water partition coefficient (Wildman–Crippen LogP) is 6.73. The van der Waals surface area contributed by atoms with Gasteiger partial charge >= 0.3 is 0 Å². The lowest BCUT2D eigenvalue weighted by molar-refractivity contribution is 1.22. The average Bonchev–Trinajstić information content (AvgIpc) is 3.58. The Balaban J connectivity index is 1.45. The van der Waals surface area contributed by atoms with Gasteiger partial charge in [-0.1, -0.05) is 36.4 Å². The van der Waals surface area contributed by atoms with E-state index in [1.165, 1.54) is 49.9 Å². The molecule has 0 unspecified atom stereocenters. The molecule has 0 spiro atoms. The molecule has 0 saturated carbocycles. The third kappa shape index (κ3) is 2.15. The van der Waals surface area contributed by atoms with Gasteiger partial charge in [-0.3, -0.25) is 9.38 Å². The van der Waals surface area contributed by atoms with Crippen molar-refractivity contribution in [2.45, 2.75) is 12.8 Å². The fraction of sp³-hybridized carbons (Fsp3) is 0.0645. The van der Waals surface area contributed by atoms with Gasteiger partial charge in [-0.25, -0.2) is 9.97 Å². The minimum atomic E-state index is 0.927. The molecular formula is C31H18N4. The zero-order valence-electron chi connectivity index (χ0n) is 18.8. The van der Waals surface area contributed by atoms with Crippen LogP contribution in [0.4, 0.5) is 0 Å². The number of fused-ring (bicyclic) bond motifs is 15. The normalized spacial score (nSPS) is 13.5. The second-order valence-electron chi connectivity index (χ2n) is 9.71. The second kappa shape index (κ2) is 6.10. The van der Waals surface area contributed by atoms with Crippen LogP contribution in [0.5, 0.6) is 0 Å². The highest BCUT2D eigenvalue weighted by atomic mass is 15.1. The van der Waals surface area contributed by atoms with E-state index in [0.717, 1.165) is 45.9 Å². The molecule has 4 aromatic heterocycles. The second-order valence-corrected chi connectivity index (χ2v) is 9.71. The Labute approximate surface area is 200 Å². The number of benzene rings is 3. The fourth-order valence-electron chi connectivity index (χ4n) is 6.46. The third-order valence-electron chi connectivity index (χ3n) is 7.93. The van der Waals surface area contributed by atoms with E-state index in [0.29, 0.717) is 0 Å². The zero-order chi connectivity index (χ0) is 22.7. The van der Waals surface area contributed by atoms with Crippen LogP contribution in [-0.4, -0.2) is 19.4 Å². The van der Waals surface area contributed by atoms with E-state index < -0.39 is 0 Å². The Morgan fingerprint density at radius 2 is 1.49 bits per heavy atom. The van der Waals surface area contributed by atoms with Gasteiger partial charge in [0, 0.05) is 23.2 Å². The summed E-state index contributed by atoms with van der Waals surface area (Å²) < 4.78 is 2.17. The number of pyridine rings is 3. The fourth-order valence-corrected chi connectivity index (χ4v) is 6.46. The lowest BCUT2D eigenvalue weighted by Gasteiger charge is -2.13. The standard InChI is InChI=1S/C31H18N4/c1-2-5-21-17(4-1)12-18-7-8-19-13-20-14-24-22-6-3-10-33-30(22)35-27-16-32-11-9-26(27)34-31(35)25(24)15-23(20)29(19)28(18)21/h1-11,14-16H,12-13H2. The minimum Gasteiger partial charge on any atom is -0.274 e. The van der Waals surface area contributed by atoms with Crippen molar-refractivity contribution < 1.29 is 0 Å². The molecule has 0 aliphatic heterocycles. The van der Waals surface area contributed by atoms with E-state index in [-0.39, 0.29) is 0 Å². The monoisotopic (exact) mass is 446 g/mol. The summed E-state index contributed by atoms with van der Waals surface area (Å²) in [6, 6.07) is 24.5. The van der Waals surface area contributed by atoms with Gasteiger partial charge in [0.2, 0.25) is 0 Å². The molecular weight excluding hydrogens is 428 g/mol. The number of rotatable bonds is 0. The Hall–Kier alpha value is -4.57. The van der Waals surface area contributed by atoms with Crippen LogP contribution in [0.3, 0.4) is 0 Å². The van der Waals surface area contributed by atoms with Crippen molar-refractivity contribution in [2.24, 2.45) is 0 Å².